The maximum absolute atomic E-state index is 13.3. The van der Waals surface area contributed by atoms with Crippen molar-refractivity contribution >= 4 is 34.3 Å². The van der Waals surface area contributed by atoms with E-state index in [0.29, 0.717) is 45.1 Å². The molecule has 0 N–H and O–H groups in total. The van der Waals surface area contributed by atoms with E-state index in [0.717, 1.165) is 44.8 Å². The normalized spacial score (nSPS) is 14.6. The molecule has 0 radical (unpaired) electrons. The van der Waals surface area contributed by atoms with Gasteiger partial charge in [0.05, 0.1) is 29.9 Å². The molecule has 4 aromatic rings. The number of benzene rings is 2. The molecule has 34 heavy (non-hydrogen) atoms. The van der Waals surface area contributed by atoms with E-state index in [1.54, 1.807) is 16.7 Å². The Labute approximate surface area is 205 Å². The fraction of sp³-hybridized carbons (Fsp3) is 0.333. The van der Waals surface area contributed by atoms with Gasteiger partial charge in [-0.25, -0.2) is 4.98 Å². The van der Waals surface area contributed by atoms with E-state index >= 15 is 0 Å². The average Bonchev–Trinajstić information content (AvgIpc) is 3.34. The van der Waals surface area contributed by atoms with Gasteiger partial charge in [-0.05, 0) is 30.7 Å². The van der Waals surface area contributed by atoms with Crippen molar-refractivity contribution in [2.24, 2.45) is 0 Å². The third kappa shape index (κ3) is 5.33. The molecule has 10 heteroatoms. The van der Waals surface area contributed by atoms with Crippen LogP contribution in [-0.4, -0.2) is 57.4 Å². The number of rotatable bonds is 8. The monoisotopic (exact) mass is 497 g/mol. The summed E-state index contributed by atoms with van der Waals surface area (Å²) < 4.78 is 12.6. The minimum absolute atomic E-state index is 0.0276. The molecule has 8 nitrogen and oxygen atoms in total. The summed E-state index contributed by atoms with van der Waals surface area (Å²) in [5.41, 5.74) is 1.45. The first-order valence-electron chi connectivity index (χ1n) is 11.2. The standard InChI is InChI=1S/C24H24ClN5O3S/c25-18-6-3-5-17(15-18)22-27-21(33-28-22)16-34-24-26-20-8-2-1-7-19(20)23(31)30(24)10-4-9-29-11-13-32-14-12-29/h1-3,5-8,15H,4,9-14,16H2. The fourth-order valence-electron chi connectivity index (χ4n) is 3.92. The lowest BCUT2D eigenvalue weighted by Crippen LogP contribution is -2.37. The van der Waals surface area contributed by atoms with Gasteiger partial charge in [-0.2, -0.15) is 4.98 Å². The Balaban J connectivity index is 1.34. The second-order valence-electron chi connectivity index (χ2n) is 7.99. The molecule has 0 unspecified atom stereocenters. The van der Waals surface area contributed by atoms with Crippen LogP contribution in [0.4, 0.5) is 0 Å². The topological polar surface area (TPSA) is 86.3 Å². The highest BCUT2D eigenvalue weighted by atomic mass is 35.5. The Hall–Kier alpha value is -2.72. The maximum Gasteiger partial charge on any atom is 0.262 e. The van der Waals surface area contributed by atoms with Crippen LogP contribution in [-0.2, 0) is 17.0 Å². The second kappa shape index (κ2) is 10.7. The Kier molecular flexibility index (Phi) is 7.24. The third-order valence-corrected chi connectivity index (χ3v) is 6.86. The van der Waals surface area contributed by atoms with Crippen molar-refractivity contribution in [2.45, 2.75) is 23.9 Å². The lowest BCUT2D eigenvalue weighted by Gasteiger charge is -2.26. The zero-order chi connectivity index (χ0) is 23.3. The highest BCUT2D eigenvalue weighted by molar-refractivity contribution is 7.98. The van der Waals surface area contributed by atoms with Gasteiger partial charge in [0, 0.05) is 36.8 Å². The van der Waals surface area contributed by atoms with Gasteiger partial charge >= 0.3 is 0 Å². The van der Waals surface area contributed by atoms with Crippen LogP contribution in [0.5, 0.6) is 0 Å². The first kappa shape index (κ1) is 23.0. The van der Waals surface area contributed by atoms with E-state index in [4.69, 9.17) is 25.8 Å². The van der Waals surface area contributed by atoms with E-state index < -0.39 is 0 Å². The third-order valence-electron chi connectivity index (χ3n) is 5.66. The summed E-state index contributed by atoms with van der Waals surface area (Å²) in [7, 11) is 0. The summed E-state index contributed by atoms with van der Waals surface area (Å²) in [6.07, 6.45) is 0.854. The van der Waals surface area contributed by atoms with Gasteiger partial charge in [-0.1, -0.05) is 52.8 Å². The molecule has 3 heterocycles. The van der Waals surface area contributed by atoms with E-state index in [9.17, 15) is 4.79 Å². The van der Waals surface area contributed by atoms with Gasteiger partial charge in [0.15, 0.2) is 5.16 Å². The molecule has 0 bridgehead atoms. The molecule has 1 aliphatic heterocycles. The Morgan fingerprint density at radius 2 is 1.88 bits per heavy atom. The molecule has 0 atom stereocenters. The molecule has 1 fully saturated rings. The van der Waals surface area contributed by atoms with E-state index in [2.05, 4.69) is 15.0 Å². The van der Waals surface area contributed by atoms with Gasteiger partial charge in [-0.3, -0.25) is 14.3 Å². The lowest BCUT2D eigenvalue weighted by atomic mass is 10.2. The number of hydrogen-bond donors (Lipinski definition) is 0. The molecule has 176 valence electrons. The van der Waals surface area contributed by atoms with E-state index in [1.165, 1.54) is 11.8 Å². The Morgan fingerprint density at radius 1 is 1.03 bits per heavy atom. The van der Waals surface area contributed by atoms with Gasteiger partial charge in [0.1, 0.15) is 0 Å². The van der Waals surface area contributed by atoms with Gasteiger partial charge < -0.3 is 9.26 Å². The predicted molar refractivity (Wildman–Crippen MR) is 132 cm³/mol. The number of para-hydroxylation sites is 1. The molecular formula is C24H24ClN5O3S. The number of hydrogen-bond acceptors (Lipinski definition) is 8. The summed E-state index contributed by atoms with van der Waals surface area (Å²) >= 11 is 7.50. The van der Waals surface area contributed by atoms with Crippen molar-refractivity contribution in [3.63, 3.8) is 0 Å². The fourth-order valence-corrected chi connectivity index (χ4v) is 4.97. The van der Waals surface area contributed by atoms with E-state index in [1.807, 2.05) is 36.4 Å². The quantitative estimate of drug-likeness (QED) is 0.265. The van der Waals surface area contributed by atoms with Crippen LogP contribution in [0.2, 0.25) is 5.02 Å². The first-order valence-corrected chi connectivity index (χ1v) is 12.5. The molecule has 0 amide bonds. The van der Waals surface area contributed by atoms with Crippen LogP contribution in [0, 0.1) is 0 Å². The van der Waals surface area contributed by atoms with Gasteiger partial charge in [-0.15, -0.1) is 0 Å². The van der Waals surface area contributed by atoms with Crippen molar-refractivity contribution in [1.29, 1.82) is 0 Å². The summed E-state index contributed by atoms with van der Waals surface area (Å²) in [6, 6.07) is 14.8. The Morgan fingerprint density at radius 3 is 2.74 bits per heavy atom. The predicted octanol–water partition coefficient (Wildman–Crippen LogP) is 4.11. The number of aromatic nitrogens is 4. The van der Waals surface area contributed by atoms with Crippen LogP contribution in [0.3, 0.4) is 0 Å². The summed E-state index contributed by atoms with van der Waals surface area (Å²) in [4.78, 5) is 24.9. The number of morpholine rings is 1. The molecule has 0 saturated carbocycles. The molecule has 2 aromatic heterocycles. The van der Waals surface area contributed by atoms with Crippen molar-refractivity contribution in [2.75, 3.05) is 32.8 Å². The average molecular weight is 498 g/mol. The zero-order valence-corrected chi connectivity index (χ0v) is 20.1. The van der Waals surface area contributed by atoms with Crippen molar-refractivity contribution < 1.29 is 9.26 Å². The molecule has 5 rings (SSSR count). The molecule has 0 aliphatic carbocycles. The summed E-state index contributed by atoms with van der Waals surface area (Å²) in [6.45, 7) is 4.89. The van der Waals surface area contributed by atoms with Crippen LogP contribution in [0.15, 0.2) is 63.0 Å². The van der Waals surface area contributed by atoms with Crippen LogP contribution >= 0.6 is 23.4 Å². The van der Waals surface area contributed by atoms with Crippen molar-refractivity contribution in [3.8, 4) is 11.4 Å². The van der Waals surface area contributed by atoms with Crippen molar-refractivity contribution in [3.05, 3.63) is 69.8 Å². The largest absolute Gasteiger partial charge is 0.379 e. The second-order valence-corrected chi connectivity index (χ2v) is 9.37. The maximum atomic E-state index is 13.3. The van der Waals surface area contributed by atoms with Gasteiger partial charge in [0.25, 0.3) is 5.56 Å². The summed E-state index contributed by atoms with van der Waals surface area (Å²) in [5, 5.41) is 5.95. The molecule has 1 aliphatic rings. The minimum Gasteiger partial charge on any atom is -0.379 e. The number of nitrogens with zero attached hydrogens (tertiary/aromatic N) is 5. The number of thioether (sulfide) groups is 1. The zero-order valence-electron chi connectivity index (χ0n) is 18.5. The van der Waals surface area contributed by atoms with Crippen LogP contribution < -0.4 is 5.56 Å². The SMILES string of the molecule is O=c1c2ccccc2nc(SCc2nc(-c3cccc(Cl)c3)no2)n1CCCN1CCOCC1. The Bertz CT molecular complexity index is 1340. The smallest absolute Gasteiger partial charge is 0.262 e. The molecule has 0 spiro atoms. The van der Waals surface area contributed by atoms with Crippen LogP contribution in [0.25, 0.3) is 22.3 Å². The van der Waals surface area contributed by atoms with Gasteiger partial charge in [0.2, 0.25) is 11.7 Å². The number of ether oxygens (including phenoxy) is 1. The molecular weight excluding hydrogens is 474 g/mol. The minimum atomic E-state index is -0.0276. The molecule has 2 aromatic carbocycles. The number of halogens is 1. The lowest BCUT2D eigenvalue weighted by molar-refractivity contribution is 0.0368. The molecule has 1 saturated heterocycles. The summed E-state index contributed by atoms with van der Waals surface area (Å²) in [5.74, 6) is 1.34. The number of fused-ring (bicyclic) bond motifs is 1. The van der Waals surface area contributed by atoms with E-state index in [-0.39, 0.29) is 5.56 Å². The highest BCUT2D eigenvalue weighted by Gasteiger charge is 2.16. The highest BCUT2D eigenvalue weighted by Crippen LogP contribution is 2.24. The first-order chi connectivity index (χ1) is 16.7. The van der Waals surface area contributed by atoms with Crippen molar-refractivity contribution in [1.82, 2.24) is 24.6 Å². The van der Waals surface area contributed by atoms with Crippen LogP contribution in [0.1, 0.15) is 12.3 Å².